The molecule has 1 amide bonds. The number of rotatable bonds is 7. The van der Waals surface area contributed by atoms with Crippen LogP contribution >= 0.6 is 0 Å². The maximum atomic E-state index is 11.1. The second kappa shape index (κ2) is 7.35. The lowest BCUT2D eigenvalue weighted by Crippen LogP contribution is -2.28. The Morgan fingerprint density at radius 2 is 2.00 bits per heavy atom. The second-order valence-corrected chi connectivity index (χ2v) is 3.59. The van der Waals surface area contributed by atoms with Gasteiger partial charge in [0.05, 0.1) is 0 Å². The molecule has 1 atom stereocenters. The summed E-state index contributed by atoms with van der Waals surface area (Å²) in [6.45, 7) is 4.47. The summed E-state index contributed by atoms with van der Waals surface area (Å²) in [4.78, 5) is 21.3. The third kappa shape index (κ3) is 7.58. The van der Waals surface area contributed by atoms with Crippen molar-refractivity contribution in [3.63, 3.8) is 0 Å². The van der Waals surface area contributed by atoms with Crippen molar-refractivity contribution in [2.24, 2.45) is 5.92 Å². The first kappa shape index (κ1) is 12.9. The average Bonchev–Trinajstić information content (AvgIpc) is 2.12. The maximum absolute atomic E-state index is 11.1. The van der Waals surface area contributed by atoms with Crippen LogP contribution in [-0.2, 0) is 9.59 Å². The molecule has 0 saturated heterocycles. The first-order valence-electron chi connectivity index (χ1n) is 5.04. The summed E-state index contributed by atoms with van der Waals surface area (Å²) in [5, 5.41) is 11.2. The molecule has 0 heterocycles. The highest BCUT2D eigenvalue weighted by atomic mass is 16.4. The van der Waals surface area contributed by atoms with Crippen molar-refractivity contribution in [3.8, 4) is 0 Å². The summed E-state index contributed by atoms with van der Waals surface area (Å²) in [6.07, 6.45) is 2.17. The molecule has 4 heteroatoms. The lowest BCUT2D eigenvalue weighted by Gasteiger charge is -2.10. The molecule has 0 aromatic heterocycles. The van der Waals surface area contributed by atoms with Crippen LogP contribution in [0.15, 0.2) is 0 Å². The summed E-state index contributed by atoms with van der Waals surface area (Å²) in [7, 11) is 0. The van der Waals surface area contributed by atoms with Crippen LogP contribution in [0.4, 0.5) is 0 Å². The van der Waals surface area contributed by atoms with Gasteiger partial charge in [-0.05, 0) is 18.8 Å². The molecule has 2 N–H and O–H groups in total. The molecule has 0 bridgehead atoms. The Morgan fingerprint density at radius 3 is 2.50 bits per heavy atom. The fraction of sp³-hybridized carbons (Fsp3) is 0.800. The van der Waals surface area contributed by atoms with Gasteiger partial charge in [0, 0.05) is 19.4 Å². The molecule has 0 aliphatic heterocycles. The number of carboxylic acid groups (broad SMARTS) is 1. The number of amides is 1. The maximum Gasteiger partial charge on any atom is 0.303 e. The number of carbonyl (C=O) groups excluding carboxylic acids is 1. The van der Waals surface area contributed by atoms with Crippen molar-refractivity contribution >= 4 is 11.9 Å². The van der Waals surface area contributed by atoms with Gasteiger partial charge in [0.1, 0.15) is 0 Å². The minimum absolute atomic E-state index is 0.0506. The van der Waals surface area contributed by atoms with Gasteiger partial charge in [-0.2, -0.15) is 0 Å². The molecular weight excluding hydrogens is 182 g/mol. The van der Waals surface area contributed by atoms with E-state index in [1.807, 2.05) is 13.8 Å². The van der Waals surface area contributed by atoms with Gasteiger partial charge in [-0.15, -0.1) is 0 Å². The summed E-state index contributed by atoms with van der Waals surface area (Å²) in [5.74, 6) is -0.502. The molecule has 0 radical (unpaired) electrons. The van der Waals surface area contributed by atoms with Crippen molar-refractivity contribution in [3.05, 3.63) is 0 Å². The van der Waals surface area contributed by atoms with Crippen LogP contribution in [0.1, 0.15) is 39.5 Å². The van der Waals surface area contributed by atoms with E-state index in [9.17, 15) is 9.59 Å². The quantitative estimate of drug-likeness (QED) is 0.654. The van der Waals surface area contributed by atoms with Crippen molar-refractivity contribution in [2.75, 3.05) is 6.54 Å². The number of aliphatic carboxylic acids is 1. The second-order valence-electron chi connectivity index (χ2n) is 3.59. The zero-order valence-corrected chi connectivity index (χ0v) is 8.88. The van der Waals surface area contributed by atoms with Crippen LogP contribution in [0.5, 0.6) is 0 Å². The molecule has 0 fully saturated rings. The number of hydrogen-bond acceptors (Lipinski definition) is 2. The first-order valence-corrected chi connectivity index (χ1v) is 5.04. The molecule has 82 valence electrons. The molecule has 0 aromatic carbocycles. The molecule has 0 aliphatic carbocycles. The monoisotopic (exact) mass is 201 g/mol. The van der Waals surface area contributed by atoms with E-state index in [1.54, 1.807) is 0 Å². The molecule has 0 aromatic rings. The summed E-state index contributed by atoms with van der Waals surface area (Å²) in [5.41, 5.74) is 0. The zero-order valence-electron chi connectivity index (χ0n) is 8.88. The Bertz CT molecular complexity index is 192. The SMILES string of the molecule is CCCC(=O)NCC(C)CCC(=O)O. The molecule has 1 unspecified atom stereocenters. The standard InChI is InChI=1S/C10H19NO3/c1-3-4-9(12)11-7-8(2)5-6-10(13)14/h8H,3-7H2,1-2H3,(H,11,12)(H,13,14). The third-order valence-corrected chi connectivity index (χ3v) is 1.98. The molecule has 14 heavy (non-hydrogen) atoms. The number of carbonyl (C=O) groups is 2. The van der Waals surface area contributed by atoms with E-state index in [-0.39, 0.29) is 18.2 Å². The van der Waals surface area contributed by atoms with E-state index in [0.717, 1.165) is 6.42 Å². The van der Waals surface area contributed by atoms with Gasteiger partial charge in [-0.3, -0.25) is 9.59 Å². The minimum Gasteiger partial charge on any atom is -0.481 e. The smallest absolute Gasteiger partial charge is 0.303 e. The predicted molar refractivity (Wildman–Crippen MR) is 54.0 cm³/mol. The third-order valence-electron chi connectivity index (χ3n) is 1.98. The molecule has 0 saturated carbocycles. The van der Waals surface area contributed by atoms with Gasteiger partial charge in [0.15, 0.2) is 0 Å². The predicted octanol–water partition coefficient (Wildman–Crippen LogP) is 1.40. The summed E-state index contributed by atoms with van der Waals surface area (Å²) < 4.78 is 0. The Hall–Kier alpha value is -1.06. The van der Waals surface area contributed by atoms with Crippen molar-refractivity contribution in [1.29, 1.82) is 0 Å². The van der Waals surface area contributed by atoms with Gasteiger partial charge in [-0.1, -0.05) is 13.8 Å². The number of nitrogens with one attached hydrogen (secondary N) is 1. The fourth-order valence-corrected chi connectivity index (χ4v) is 1.08. The lowest BCUT2D eigenvalue weighted by atomic mass is 10.1. The Kier molecular flexibility index (Phi) is 6.80. The van der Waals surface area contributed by atoms with Crippen LogP contribution in [0.3, 0.4) is 0 Å². The largest absolute Gasteiger partial charge is 0.481 e. The number of hydrogen-bond donors (Lipinski definition) is 2. The highest BCUT2D eigenvalue weighted by Gasteiger charge is 2.06. The highest BCUT2D eigenvalue weighted by Crippen LogP contribution is 2.03. The van der Waals surface area contributed by atoms with Gasteiger partial charge in [0.25, 0.3) is 0 Å². The number of carboxylic acids is 1. The fourth-order valence-electron chi connectivity index (χ4n) is 1.08. The Morgan fingerprint density at radius 1 is 1.36 bits per heavy atom. The highest BCUT2D eigenvalue weighted by molar-refractivity contribution is 5.75. The van der Waals surface area contributed by atoms with Crippen LogP contribution in [0, 0.1) is 5.92 Å². The summed E-state index contributed by atoms with van der Waals surface area (Å²) in [6, 6.07) is 0. The van der Waals surface area contributed by atoms with Crippen molar-refractivity contribution < 1.29 is 14.7 Å². The van der Waals surface area contributed by atoms with Gasteiger partial charge >= 0.3 is 5.97 Å². The Balaban J connectivity index is 3.48. The molecule has 4 nitrogen and oxygen atoms in total. The van der Waals surface area contributed by atoms with E-state index < -0.39 is 5.97 Å². The van der Waals surface area contributed by atoms with Crippen LogP contribution in [0.25, 0.3) is 0 Å². The van der Waals surface area contributed by atoms with E-state index >= 15 is 0 Å². The van der Waals surface area contributed by atoms with Crippen LogP contribution in [-0.4, -0.2) is 23.5 Å². The van der Waals surface area contributed by atoms with E-state index in [0.29, 0.717) is 19.4 Å². The molecule has 0 rings (SSSR count). The van der Waals surface area contributed by atoms with Gasteiger partial charge < -0.3 is 10.4 Å². The molecule has 0 spiro atoms. The van der Waals surface area contributed by atoms with Crippen molar-refractivity contribution in [2.45, 2.75) is 39.5 Å². The van der Waals surface area contributed by atoms with Gasteiger partial charge in [0.2, 0.25) is 5.91 Å². The van der Waals surface area contributed by atoms with Crippen molar-refractivity contribution in [1.82, 2.24) is 5.32 Å². The summed E-state index contributed by atoms with van der Waals surface area (Å²) >= 11 is 0. The van der Waals surface area contributed by atoms with Gasteiger partial charge in [-0.25, -0.2) is 0 Å². The average molecular weight is 201 g/mol. The lowest BCUT2D eigenvalue weighted by molar-refractivity contribution is -0.137. The normalized spacial score (nSPS) is 12.1. The topological polar surface area (TPSA) is 66.4 Å². The minimum atomic E-state index is -0.781. The first-order chi connectivity index (χ1) is 6.56. The molecular formula is C10H19NO3. The van der Waals surface area contributed by atoms with Crippen LogP contribution < -0.4 is 5.32 Å². The van der Waals surface area contributed by atoms with E-state index in [4.69, 9.17) is 5.11 Å². The molecule has 0 aliphatic rings. The van der Waals surface area contributed by atoms with E-state index in [2.05, 4.69) is 5.32 Å². The van der Waals surface area contributed by atoms with Crippen LogP contribution in [0.2, 0.25) is 0 Å². The Labute approximate surface area is 84.7 Å². The van der Waals surface area contributed by atoms with E-state index in [1.165, 1.54) is 0 Å². The zero-order chi connectivity index (χ0) is 11.0.